The minimum Gasteiger partial charge on any atom is -0.444 e. The van der Waals surface area contributed by atoms with Gasteiger partial charge in [0, 0.05) is 45.3 Å². The third-order valence-electron chi connectivity index (χ3n) is 5.61. The topological polar surface area (TPSA) is 69.5 Å². The van der Waals surface area contributed by atoms with Gasteiger partial charge in [-0.05, 0) is 58.2 Å². The van der Waals surface area contributed by atoms with Gasteiger partial charge >= 0.3 is 6.09 Å². The molecule has 1 amide bonds. The standard InChI is InChI=1S/C23H38N4O3Si/c1-17-8-11-24-21-19(17)20(25-27(21)16-29-14-15-31(5,6)7)18-9-12-26(13-10-18)22(28)30-23(2,3)4/h8,11,18H,9-10,12-16H2,1-7H3. The predicted molar refractivity (Wildman–Crippen MR) is 126 cm³/mol. The van der Waals surface area contributed by atoms with Crippen LogP contribution in [0.1, 0.15) is 50.8 Å². The molecule has 7 nitrogen and oxygen atoms in total. The molecule has 0 unspecified atom stereocenters. The minimum atomic E-state index is -1.12. The van der Waals surface area contributed by atoms with E-state index in [0.717, 1.165) is 42.2 Å². The summed E-state index contributed by atoms with van der Waals surface area (Å²) >= 11 is 0. The number of nitrogens with zero attached hydrogens (tertiary/aromatic N) is 4. The monoisotopic (exact) mass is 446 g/mol. The molecule has 172 valence electrons. The van der Waals surface area contributed by atoms with Crippen LogP contribution in [-0.4, -0.2) is 59.1 Å². The Morgan fingerprint density at radius 1 is 1.23 bits per heavy atom. The first-order chi connectivity index (χ1) is 14.4. The van der Waals surface area contributed by atoms with Crippen LogP contribution in [-0.2, 0) is 16.2 Å². The van der Waals surface area contributed by atoms with Crippen molar-refractivity contribution in [2.45, 2.75) is 84.5 Å². The summed E-state index contributed by atoms with van der Waals surface area (Å²) in [5.41, 5.74) is 2.68. The second-order valence-electron chi connectivity index (χ2n) is 10.8. The van der Waals surface area contributed by atoms with Gasteiger partial charge in [-0.25, -0.2) is 14.5 Å². The highest BCUT2D eigenvalue weighted by molar-refractivity contribution is 6.76. The Balaban J connectivity index is 1.72. The number of pyridine rings is 1. The number of fused-ring (bicyclic) bond motifs is 1. The van der Waals surface area contributed by atoms with Gasteiger partial charge in [0.05, 0.1) is 5.69 Å². The summed E-state index contributed by atoms with van der Waals surface area (Å²) in [5, 5.41) is 6.07. The smallest absolute Gasteiger partial charge is 0.410 e. The molecule has 2 aromatic heterocycles. The molecule has 3 heterocycles. The molecule has 8 heteroatoms. The van der Waals surface area contributed by atoms with Crippen molar-refractivity contribution in [1.29, 1.82) is 0 Å². The summed E-state index contributed by atoms with van der Waals surface area (Å²) in [7, 11) is -1.12. The SMILES string of the molecule is Cc1ccnc2c1c(C1CCN(C(=O)OC(C)(C)C)CC1)nn2COCC[Si](C)(C)C. The van der Waals surface area contributed by atoms with Crippen LogP contribution in [0.4, 0.5) is 4.79 Å². The van der Waals surface area contributed by atoms with Gasteiger partial charge in [-0.15, -0.1) is 0 Å². The molecule has 0 radical (unpaired) electrons. The number of carbonyl (C=O) groups excluding carboxylic acids is 1. The molecular formula is C23H38N4O3Si. The average molecular weight is 447 g/mol. The van der Waals surface area contributed by atoms with Gasteiger partial charge in [-0.2, -0.15) is 5.10 Å². The van der Waals surface area contributed by atoms with E-state index in [1.54, 1.807) is 0 Å². The highest BCUT2D eigenvalue weighted by Crippen LogP contribution is 2.34. The van der Waals surface area contributed by atoms with E-state index in [-0.39, 0.29) is 6.09 Å². The van der Waals surface area contributed by atoms with Crippen molar-refractivity contribution < 1.29 is 14.3 Å². The summed E-state index contributed by atoms with van der Waals surface area (Å²) in [5.74, 6) is 0.298. The van der Waals surface area contributed by atoms with E-state index in [0.29, 0.717) is 25.7 Å². The maximum Gasteiger partial charge on any atom is 0.410 e. The fourth-order valence-electron chi connectivity index (χ4n) is 3.85. The third-order valence-corrected chi connectivity index (χ3v) is 7.32. The Bertz CT molecular complexity index is 906. The molecule has 0 atom stereocenters. The Kier molecular flexibility index (Phi) is 7.10. The van der Waals surface area contributed by atoms with Crippen LogP contribution < -0.4 is 0 Å². The molecule has 0 spiro atoms. The van der Waals surface area contributed by atoms with Crippen molar-refractivity contribution in [2.75, 3.05) is 19.7 Å². The fourth-order valence-corrected chi connectivity index (χ4v) is 4.61. The first kappa shape index (κ1) is 23.7. The van der Waals surface area contributed by atoms with E-state index in [1.165, 1.54) is 5.56 Å². The maximum absolute atomic E-state index is 12.4. The summed E-state index contributed by atoms with van der Waals surface area (Å²) in [4.78, 5) is 18.8. The molecule has 3 rings (SSSR count). The zero-order chi connectivity index (χ0) is 22.8. The zero-order valence-electron chi connectivity index (χ0n) is 20.2. The van der Waals surface area contributed by atoms with E-state index in [1.807, 2.05) is 42.6 Å². The Morgan fingerprint density at radius 2 is 1.90 bits per heavy atom. The highest BCUT2D eigenvalue weighted by atomic mass is 28.3. The van der Waals surface area contributed by atoms with Gasteiger partial charge in [0.15, 0.2) is 5.65 Å². The van der Waals surface area contributed by atoms with Crippen LogP contribution in [0.25, 0.3) is 11.0 Å². The number of piperidine rings is 1. The molecule has 1 fully saturated rings. The highest BCUT2D eigenvalue weighted by Gasteiger charge is 2.30. The minimum absolute atomic E-state index is 0.227. The van der Waals surface area contributed by atoms with Crippen LogP contribution in [0, 0.1) is 6.92 Å². The van der Waals surface area contributed by atoms with Gasteiger partial charge < -0.3 is 14.4 Å². The summed E-state index contributed by atoms with van der Waals surface area (Å²) in [6.07, 6.45) is 3.36. The number of amides is 1. The number of aromatic nitrogens is 3. The molecule has 0 bridgehead atoms. The van der Waals surface area contributed by atoms with Gasteiger partial charge in [-0.1, -0.05) is 19.6 Å². The van der Waals surface area contributed by atoms with E-state index in [4.69, 9.17) is 14.6 Å². The summed E-state index contributed by atoms with van der Waals surface area (Å²) in [6.45, 7) is 17.4. The van der Waals surface area contributed by atoms with E-state index < -0.39 is 13.7 Å². The molecule has 1 aliphatic rings. The summed E-state index contributed by atoms with van der Waals surface area (Å²) in [6, 6.07) is 3.17. The van der Waals surface area contributed by atoms with Crippen molar-refractivity contribution in [3.8, 4) is 0 Å². The molecular weight excluding hydrogens is 408 g/mol. The molecule has 0 aromatic carbocycles. The molecule has 2 aromatic rings. The van der Waals surface area contributed by atoms with E-state index >= 15 is 0 Å². The van der Waals surface area contributed by atoms with Gasteiger partial charge in [0.25, 0.3) is 0 Å². The molecule has 31 heavy (non-hydrogen) atoms. The molecule has 1 aliphatic heterocycles. The third kappa shape index (κ3) is 6.29. The molecule has 0 N–H and O–H groups in total. The van der Waals surface area contributed by atoms with Crippen molar-refractivity contribution in [3.63, 3.8) is 0 Å². The van der Waals surface area contributed by atoms with E-state index in [2.05, 4.69) is 31.5 Å². The number of ether oxygens (including phenoxy) is 2. The lowest BCUT2D eigenvalue weighted by Gasteiger charge is -2.33. The largest absolute Gasteiger partial charge is 0.444 e. The molecule has 0 aliphatic carbocycles. The fraction of sp³-hybridized carbons (Fsp3) is 0.696. The average Bonchev–Trinajstić information content (AvgIpc) is 3.03. The quantitative estimate of drug-likeness (QED) is 0.452. The lowest BCUT2D eigenvalue weighted by atomic mass is 9.91. The first-order valence-corrected chi connectivity index (χ1v) is 15.0. The summed E-state index contributed by atoms with van der Waals surface area (Å²) < 4.78 is 13.4. The molecule has 0 saturated carbocycles. The second-order valence-corrected chi connectivity index (χ2v) is 16.4. The number of hydrogen-bond acceptors (Lipinski definition) is 5. The van der Waals surface area contributed by atoms with Crippen molar-refractivity contribution in [2.24, 2.45) is 0 Å². The second kappa shape index (κ2) is 9.28. The van der Waals surface area contributed by atoms with Crippen LogP contribution in [0.15, 0.2) is 12.3 Å². The lowest BCUT2D eigenvalue weighted by Crippen LogP contribution is -2.41. The maximum atomic E-state index is 12.4. The van der Waals surface area contributed by atoms with Crippen LogP contribution in [0.2, 0.25) is 25.7 Å². The van der Waals surface area contributed by atoms with Crippen molar-refractivity contribution in [1.82, 2.24) is 19.7 Å². The normalized spacial score (nSPS) is 16.2. The lowest BCUT2D eigenvalue weighted by molar-refractivity contribution is 0.0204. The Hall–Kier alpha value is -1.93. The number of aryl methyl sites for hydroxylation is 1. The van der Waals surface area contributed by atoms with Gasteiger partial charge in [-0.3, -0.25) is 0 Å². The zero-order valence-corrected chi connectivity index (χ0v) is 21.2. The number of hydrogen-bond donors (Lipinski definition) is 0. The van der Waals surface area contributed by atoms with E-state index in [9.17, 15) is 4.79 Å². The van der Waals surface area contributed by atoms with Crippen LogP contribution in [0.3, 0.4) is 0 Å². The van der Waals surface area contributed by atoms with Crippen molar-refractivity contribution in [3.05, 3.63) is 23.5 Å². The van der Waals surface area contributed by atoms with Crippen molar-refractivity contribution >= 4 is 25.2 Å². The Morgan fingerprint density at radius 3 is 2.52 bits per heavy atom. The van der Waals surface area contributed by atoms with Crippen LogP contribution in [0.5, 0.6) is 0 Å². The number of likely N-dealkylation sites (tertiary alicyclic amines) is 1. The first-order valence-electron chi connectivity index (χ1n) is 11.3. The number of rotatable bonds is 6. The number of carbonyl (C=O) groups is 1. The van der Waals surface area contributed by atoms with Crippen LogP contribution >= 0.6 is 0 Å². The van der Waals surface area contributed by atoms with Gasteiger partial charge in [0.1, 0.15) is 12.3 Å². The van der Waals surface area contributed by atoms with Gasteiger partial charge in [0.2, 0.25) is 0 Å². The predicted octanol–water partition coefficient (Wildman–Crippen LogP) is 5.17. The Labute approximate surface area is 187 Å². The molecule has 1 saturated heterocycles.